The monoisotopic (exact) mass is 249 g/mol. The minimum atomic E-state index is -0.431. The lowest BCUT2D eigenvalue weighted by Gasteiger charge is -2.34. The van der Waals surface area contributed by atoms with Gasteiger partial charge in [0.25, 0.3) is 0 Å². The second kappa shape index (κ2) is 5.33. The normalized spacial score (nSPS) is 27.8. The summed E-state index contributed by atoms with van der Waals surface area (Å²) in [4.78, 5) is 14.3. The molecule has 1 heterocycles. The molecule has 0 saturated heterocycles. The van der Waals surface area contributed by atoms with Crippen LogP contribution in [0.1, 0.15) is 33.1 Å². The molecule has 2 rings (SSSR count). The topological polar surface area (TPSA) is 68.1 Å². The van der Waals surface area contributed by atoms with Gasteiger partial charge >= 0.3 is 5.82 Å². The first-order valence-corrected chi connectivity index (χ1v) is 6.45. The Morgan fingerprint density at radius 1 is 1.44 bits per heavy atom. The van der Waals surface area contributed by atoms with Crippen molar-refractivity contribution >= 4 is 11.5 Å². The highest BCUT2D eigenvalue weighted by atomic mass is 16.6. The van der Waals surface area contributed by atoms with Gasteiger partial charge in [-0.2, -0.15) is 0 Å². The minimum absolute atomic E-state index is 0.0806. The van der Waals surface area contributed by atoms with Crippen LogP contribution >= 0.6 is 0 Å². The molecule has 3 unspecified atom stereocenters. The molecule has 0 amide bonds. The molecule has 0 aliphatic heterocycles. The molecule has 0 aromatic carbocycles. The minimum Gasteiger partial charge on any atom is -0.375 e. The van der Waals surface area contributed by atoms with Gasteiger partial charge in [-0.25, -0.2) is 0 Å². The highest BCUT2D eigenvalue weighted by molar-refractivity contribution is 5.57. The Kier molecular flexibility index (Phi) is 3.79. The third-order valence-electron chi connectivity index (χ3n) is 4.01. The van der Waals surface area contributed by atoms with Gasteiger partial charge in [0.05, 0.1) is 0 Å². The lowest BCUT2D eigenvalue weighted by atomic mass is 9.78. The van der Waals surface area contributed by atoms with E-state index in [9.17, 15) is 10.1 Å². The number of nitrogens with one attached hydrogen (secondary N) is 1. The summed E-state index contributed by atoms with van der Waals surface area (Å²) in [6.07, 6.45) is 4.94. The first-order chi connectivity index (χ1) is 8.59. The maximum atomic E-state index is 10.9. The first-order valence-electron chi connectivity index (χ1n) is 6.45. The Morgan fingerprint density at radius 2 is 2.22 bits per heavy atom. The van der Waals surface area contributed by atoms with Gasteiger partial charge in [-0.15, -0.1) is 0 Å². The highest BCUT2D eigenvalue weighted by Crippen LogP contribution is 2.33. The molecule has 0 bridgehead atoms. The second-order valence-electron chi connectivity index (χ2n) is 5.15. The number of hydrogen-bond donors (Lipinski definition) is 1. The Balaban J connectivity index is 2.16. The molecule has 1 aromatic rings. The number of aromatic nitrogens is 1. The van der Waals surface area contributed by atoms with E-state index in [2.05, 4.69) is 24.1 Å². The van der Waals surface area contributed by atoms with E-state index >= 15 is 0 Å². The van der Waals surface area contributed by atoms with Crippen molar-refractivity contribution in [1.82, 2.24) is 4.98 Å². The number of anilines is 1. The summed E-state index contributed by atoms with van der Waals surface area (Å²) in [5, 5.41) is 14.2. The number of hydrogen-bond acceptors (Lipinski definition) is 4. The van der Waals surface area contributed by atoms with E-state index < -0.39 is 4.92 Å². The maximum Gasteiger partial charge on any atom is 0.386 e. The van der Waals surface area contributed by atoms with Gasteiger partial charge in [-0.3, -0.25) is 0 Å². The van der Waals surface area contributed by atoms with E-state index in [-0.39, 0.29) is 5.82 Å². The molecule has 1 aromatic heterocycles. The average Bonchev–Trinajstić information content (AvgIpc) is 2.35. The summed E-state index contributed by atoms with van der Waals surface area (Å²) < 4.78 is 0. The predicted molar refractivity (Wildman–Crippen MR) is 70.5 cm³/mol. The van der Waals surface area contributed by atoms with Gasteiger partial charge in [0.2, 0.25) is 0 Å². The second-order valence-corrected chi connectivity index (χ2v) is 5.15. The molecule has 98 valence electrons. The Hall–Kier alpha value is -1.65. The summed E-state index contributed by atoms with van der Waals surface area (Å²) >= 11 is 0. The maximum absolute atomic E-state index is 10.9. The molecule has 1 N–H and O–H groups in total. The SMILES string of the molecule is CC1CCCC(Nc2cccnc2[N+](=O)[O-])C1C. The van der Waals surface area contributed by atoms with Crippen molar-refractivity contribution in [2.24, 2.45) is 11.8 Å². The lowest BCUT2D eigenvalue weighted by molar-refractivity contribution is -0.388. The van der Waals surface area contributed by atoms with Crippen molar-refractivity contribution in [2.45, 2.75) is 39.2 Å². The third kappa shape index (κ3) is 2.60. The molecule has 0 spiro atoms. The third-order valence-corrected chi connectivity index (χ3v) is 4.01. The highest BCUT2D eigenvalue weighted by Gasteiger charge is 2.28. The van der Waals surface area contributed by atoms with Crippen LogP contribution in [-0.2, 0) is 0 Å². The molecule has 1 fully saturated rings. The van der Waals surface area contributed by atoms with Crippen LogP contribution in [0.5, 0.6) is 0 Å². The average molecular weight is 249 g/mol. The van der Waals surface area contributed by atoms with E-state index in [1.165, 1.54) is 19.0 Å². The zero-order valence-electron chi connectivity index (χ0n) is 10.8. The van der Waals surface area contributed by atoms with Gasteiger partial charge in [-0.05, 0) is 40.3 Å². The molecule has 5 nitrogen and oxygen atoms in total. The molecule has 3 atom stereocenters. The van der Waals surface area contributed by atoms with Gasteiger partial charge < -0.3 is 15.4 Å². The molecule has 1 aliphatic rings. The van der Waals surface area contributed by atoms with E-state index in [0.717, 1.165) is 6.42 Å². The fourth-order valence-electron chi connectivity index (χ4n) is 2.64. The quantitative estimate of drug-likeness (QED) is 0.659. The van der Waals surface area contributed by atoms with Crippen LogP contribution in [0, 0.1) is 22.0 Å². The largest absolute Gasteiger partial charge is 0.386 e. The smallest absolute Gasteiger partial charge is 0.375 e. The van der Waals surface area contributed by atoms with Crippen LogP contribution in [0.15, 0.2) is 18.3 Å². The zero-order valence-corrected chi connectivity index (χ0v) is 10.8. The van der Waals surface area contributed by atoms with Gasteiger partial charge in [0, 0.05) is 6.04 Å². The first kappa shape index (κ1) is 12.8. The van der Waals surface area contributed by atoms with Gasteiger partial charge in [0.1, 0.15) is 11.9 Å². The van der Waals surface area contributed by atoms with E-state index in [1.807, 2.05) is 0 Å². The number of nitrogens with zero attached hydrogens (tertiary/aromatic N) is 2. The van der Waals surface area contributed by atoms with E-state index in [0.29, 0.717) is 23.6 Å². The van der Waals surface area contributed by atoms with Crippen molar-refractivity contribution in [3.63, 3.8) is 0 Å². The molecule has 1 saturated carbocycles. The van der Waals surface area contributed by atoms with Crippen molar-refractivity contribution < 1.29 is 4.92 Å². The summed E-state index contributed by atoms with van der Waals surface area (Å²) in [6.45, 7) is 4.46. The van der Waals surface area contributed by atoms with E-state index in [4.69, 9.17) is 0 Å². The lowest BCUT2D eigenvalue weighted by Crippen LogP contribution is -2.35. The molecule has 5 heteroatoms. The Bertz CT molecular complexity index is 436. The van der Waals surface area contributed by atoms with Crippen molar-refractivity contribution in [3.05, 3.63) is 28.4 Å². The fraction of sp³-hybridized carbons (Fsp3) is 0.615. The van der Waals surface area contributed by atoms with Crippen molar-refractivity contribution in [3.8, 4) is 0 Å². The van der Waals surface area contributed by atoms with Crippen LogP contribution in [0.3, 0.4) is 0 Å². The van der Waals surface area contributed by atoms with Crippen LogP contribution in [0.25, 0.3) is 0 Å². The number of nitro groups is 1. The molecule has 1 aliphatic carbocycles. The van der Waals surface area contributed by atoms with Crippen LogP contribution in [0.2, 0.25) is 0 Å². The standard InChI is InChI=1S/C13H19N3O2/c1-9-5-3-6-11(10(9)2)15-12-7-4-8-14-13(12)16(17)18/h4,7-11,15H,3,5-6H2,1-2H3. The van der Waals surface area contributed by atoms with Crippen LogP contribution < -0.4 is 5.32 Å². The zero-order chi connectivity index (χ0) is 13.1. The summed E-state index contributed by atoms with van der Waals surface area (Å²) in [7, 11) is 0. The molecule has 18 heavy (non-hydrogen) atoms. The van der Waals surface area contributed by atoms with Crippen molar-refractivity contribution in [1.29, 1.82) is 0 Å². The van der Waals surface area contributed by atoms with Gasteiger partial charge in [-0.1, -0.05) is 26.7 Å². The fourth-order valence-corrected chi connectivity index (χ4v) is 2.64. The summed E-state index contributed by atoms with van der Waals surface area (Å²) in [5.74, 6) is 1.11. The molecular weight excluding hydrogens is 230 g/mol. The predicted octanol–water partition coefficient (Wildman–Crippen LogP) is 3.23. The van der Waals surface area contributed by atoms with Crippen LogP contribution in [-0.4, -0.2) is 15.9 Å². The number of pyridine rings is 1. The summed E-state index contributed by atoms with van der Waals surface area (Å²) in [6, 6.07) is 3.76. The molecular formula is C13H19N3O2. The van der Waals surface area contributed by atoms with Gasteiger partial charge in [0.15, 0.2) is 0 Å². The number of rotatable bonds is 3. The van der Waals surface area contributed by atoms with E-state index in [1.54, 1.807) is 12.1 Å². The molecule has 0 radical (unpaired) electrons. The Labute approximate surface area is 107 Å². The van der Waals surface area contributed by atoms with Crippen molar-refractivity contribution in [2.75, 3.05) is 5.32 Å². The summed E-state index contributed by atoms with van der Waals surface area (Å²) in [5.41, 5.74) is 0.536. The van der Waals surface area contributed by atoms with Crippen LogP contribution in [0.4, 0.5) is 11.5 Å². The Morgan fingerprint density at radius 3 is 2.94 bits per heavy atom.